The zero-order valence-corrected chi connectivity index (χ0v) is 18.1. The molecule has 0 saturated carbocycles. The summed E-state index contributed by atoms with van der Waals surface area (Å²) in [5.74, 6) is -0.128. The number of amides is 1. The summed E-state index contributed by atoms with van der Waals surface area (Å²) in [4.78, 5) is 19.3. The Morgan fingerprint density at radius 1 is 1.16 bits per heavy atom. The number of thiocarbonyl (C=S) groups is 1. The topological polar surface area (TPSA) is 71.4 Å². The minimum Gasteiger partial charge on any atom is -0.383 e. The van der Waals surface area contributed by atoms with Crippen LogP contribution in [0.2, 0.25) is 0 Å². The number of carbonyl (C=O) groups is 1. The van der Waals surface area contributed by atoms with Crippen molar-refractivity contribution in [2.45, 2.75) is 18.6 Å². The maximum Gasteiger partial charge on any atom is 0.244 e. The molecule has 0 aliphatic carbocycles. The molecule has 31 heavy (non-hydrogen) atoms. The number of hydrogen-bond donors (Lipinski definition) is 2. The molecule has 0 bridgehead atoms. The van der Waals surface area contributed by atoms with Crippen LogP contribution in [-0.2, 0) is 16.1 Å². The average Bonchev–Trinajstić information content (AvgIpc) is 3.37. The number of nitrogens with zero attached hydrogens (tertiary/aromatic N) is 3. The number of anilines is 1. The molecule has 3 aromatic rings. The maximum atomic E-state index is 12.8. The van der Waals surface area contributed by atoms with E-state index < -0.39 is 0 Å². The molecule has 1 saturated heterocycles. The number of para-hydroxylation sites is 1. The summed E-state index contributed by atoms with van der Waals surface area (Å²) in [7, 11) is 1.69. The standard InChI is InChI=1S/C23H25N5O2S/c1-30-15-14-27-13-7-11-19(27)22-21(18-10-5-6-12-24-18)26-23(31)28(22)16-20(29)25-17-8-3-2-4-9-17/h2-13,21-22H,14-16H2,1H3,(H,25,29)(H,26,31)/t21-,22+/m0/s1. The molecule has 1 fully saturated rings. The van der Waals surface area contributed by atoms with Gasteiger partial charge in [0.05, 0.1) is 24.4 Å². The molecule has 2 atom stereocenters. The third kappa shape index (κ3) is 4.76. The van der Waals surface area contributed by atoms with Crippen molar-refractivity contribution < 1.29 is 9.53 Å². The lowest BCUT2D eigenvalue weighted by atomic mass is 10.0. The van der Waals surface area contributed by atoms with Gasteiger partial charge in [-0.25, -0.2) is 0 Å². The van der Waals surface area contributed by atoms with Crippen molar-refractivity contribution in [3.63, 3.8) is 0 Å². The molecule has 3 heterocycles. The van der Waals surface area contributed by atoms with Gasteiger partial charge in [0.1, 0.15) is 6.54 Å². The molecular weight excluding hydrogens is 410 g/mol. The van der Waals surface area contributed by atoms with E-state index in [0.717, 1.165) is 17.1 Å². The summed E-state index contributed by atoms with van der Waals surface area (Å²) in [6, 6.07) is 18.9. The highest BCUT2D eigenvalue weighted by molar-refractivity contribution is 7.80. The summed E-state index contributed by atoms with van der Waals surface area (Å²) in [5, 5.41) is 6.86. The number of benzene rings is 1. The van der Waals surface area contributed by atoms with E-state index in [1.54, 1.807) is 13.3 Å². The zero-order chi connectivity index (χ0) is 21.6. The van der Waals surface area contributed by atoms with Crippen LogP contribution in [0.5, 0.6) is 0 Å². The highest BCUT2D eigenvalue weighted by Gasteiger charge is 2.41. The lowest BCUT2D eigenvalue weighted by Crippen LogP contribution is -2.37. The number of methoxy groups -OCH3 is 1. The molecule has 2 N–H and O–H groups in total. The van der Waals surface area contributed by atoms with Gasteiger partial charge in [0, 0.05) is 37.4 Å². The van der Waals surface area contributed by atoms with Crippen molar-refractivity contribution in [2.24, 2.45) is 0 Å². The van der Waals surface area contributed by atoms with Gasteiger partial charge < -0.3 is 24.8 Å². The Balaban J connectivity index is 1.63. The first-order valence-corrected chi connectivity index (χ1v) is 10.5. The molecule has 8 heteroatoms. The van der Waals surface area contributed by atoms with E-state index in [2.05, 4.69) is 26.3 Å². The Bertz CT molecular complexity index is 1020. The van der Waals surface area contributed by atoms with E-state index in [1.165, 1.54) is 0 Å². The number of rotatable bonds is 8. The van der Waals surface area contributed by atoms with Gasteiger partial charge in [-0.05, 0) is 48.6 Å². The summed E-state index contributed by atoms with van der Waals surface area (Å²) in [5.41, 5.74) is 2.68. The van der Waals surface area contributed by atoms with Crippen LogP contribution in [0, 0.1) is 0 Å². The molecular formula is C23H25N5O2S. The summed E-state index contributed by atoms with van der Waals surface area (Å²) in [6.07, 6.45) is 3.79. The van der Waals surface area contributed by atoms with E-state index in [-0.39, 0.29) is 24.5 Å². The highest BCUT2D eigenvalue weighted by Crippen LogP contribution is 2.38. The molecule has 0 radical (unpaired) electrons. The minimum atomic E-state index is -0.184. The zero-order valence-electron chi connectivity index (χ0n) is 17.3. The SMILES string of the molecule is COCCn1cccc1[C@@H]1[C@H](c2ccccn2)NC(=S)N1CC(=O)Nc1ccccc1. The van der Waals surface area contributed by atoms with Gasteiger partial charge in [0.2, 0.25) is 5.91 Å². The second kappa shape index (κ2) is 9.72. The monoisotopic (exact) mass is 435 g/mol. The highest BCUT2D eigenvalue weighted by atomic mass is 32.1. The number of pyridine rings is 1. The van der Waals surface area contributed by atoms with Crippen LogP contribution in [0.1, 0.15) is 23.5 Å². The maximum absolute atomic E-state index is 12.8. The van der Waals surface area contributed by atoms with Crippen molar-refractivity contribution in [2.75, 3.05) is 25.6 Å². The number of hydrogen-bond acceptors (Lipinski definition) is 4. The van der Waals surface area contributed by atoms with Crippen LogP contribution in [0.3, 0.4) is 0 Å². The predicted molar refractivity (Wildman–Crippen MR) is 124 cm³/mol. The van der Waals surface area contributed by atoms with Crippen LogP contribution in [0.25, 0.3) is 0 Å². The number of carbonyl (C=O) groups excluding carboxylic acids is 1. The van der Waals surface area contributed by atoms with E-state index in [4.69, 9.17) is 17.0 Å². The largest absolute Gasteiger partial charge is 0.383 e. The normalized spacial score (nSPS) is 18.1. The van der Waals surface area contributed by atoms with Crippen molar-refractivity contribution in [1.29, 1.82) is 0 Å². The quantitative estimate of drug-likeness (QED) is 0.530. The van der Waals surface area contributed by atoms with Gasteiger partial charge >= 0.3 is 0 Å². The summed E-state index contributed by atoms with van der Waals surface area (Å²) >= 11 is 5.66. The fourth-order valence-electron chi connectivity index (χ4n) is 3.86. The van der Waals surface area contributed by atoms with Crippen molar-refractivity contribution in [1.82, 2.24) is 19.8 Å². The third-order valence-corrected chi connectivity index (χ3v) is 5.63. The Hall–Kier alpha value is -3.23. The first kappa shape index (κ1) is 21.0. The molecule has 2 aromatic heterocycles. The summed E-state index contributed by atoms with van der Waals surface area (Å²) < 4.78 is 7.41. The van der Waals surface area contributed by atoms with Crippen molar-refractivity contribution >= 4 is 28.9 Å². The molecule has 7 nitrogen and oxygen atoms in total. The van der Waals surface area contributed by atoms with Gasteiger partial charge in [0.15, 0.2) is 5.11 Å². The first-order valence-electron chi connectivity index (χ1n) is 10.1. The van der Waals surface area contributed by atoms with Crippen molar-refractivity contribution in [3.05, 3.63) is 84.4 Å². The van der Waals surface area contributed by atoms with Crippen molar-refractivity contribution in [3.8, 4) is 0 Å². The third-order valence-electron chi connectivity index (χ3n) is 5.27. The van der Waals surface area contributed by atoms with Crippen LogP contribution in [0.4, 0.5) is 5.69 Å². The Morgan fingerprint density at radius 2 is 1.97 bits per heavy atom. The van der Waals surface area contributed by atoms with Gasteiger partial charge in [-0.15, -0.1) is 0 Å². The Kier molecular flexibility index (Phi) is 6.59. The van der Waals surface area contributed by atoms with Gasteiger partial charge in [0.25, 0.3) is 0 Å². The van der Waals surface area contributed by atoms with E-state index in [0.29, 0.717) is 18.3 Å². The number of ether oxygens (including phenoxy) is 1. The lowest BCUT2D eigenvalue weighted by molar-refractivity contribution is -0.116. The van der Waals surface area contributed by atoms with E-state index >= 15 is 0 Å². The Labute approximate surface area is 187 Å². The molecule has 0 spiro atoms. The Morgan fingerprint density at radius 3 is 2.71 bits per heavy atom. The molecule has 1 aliphatic rings. The fraction of sp³-hybridized carbons (Fsp3) is 0.261. The molecule has 4 rings (SSSR count). The van der Waals surface area contributed by atoms with Crippen LogP contribution >= 0.6 is 12.2 Å². The van der Waals surface area contributed by atoms with Crippen LogP contribution in [-0.4, -0.2) is 45.7 Å². The second-order valence-corrected chi connectivity index (χ2v) is 7.67. The smallest absolute Gasteiger partial charge is 0.244 e. The molecule has 1 amide bonds. The molecule has 1 aromatic carbocycles. The first-order chi connectivity index (χ1) is 15.2. The lowest BCUT2D eigenvalue weighted by Gasteiger charge is -2.28. The van der Waals surface area contributed by atoms with Crippen LogP contribution in [0.15, 0.2) is 73.1 Å². The van der Waals surface area contributed by atoms with E-state index in [9.17, 15) is 4.79 Å². The minimum absolute atomic E-state index is 0.128. The fourth-order valence-corrected chi connectivity index (χ4v) is 4.17. The number of aromatic nitrogens is 2. The molecule has 160 valence electrons. The summed E-state index contributed by atoms with van der Waals surface area (Å²) in [6.45, 7) is 1.43. The second-order valence-electron chi connectivity index (χ2n) is 7.29. The average molecular weight is 436 g/mol. The van der Waals surface area contributed by atoms with Crippen LogP contribution < -0.4 is 10.6 Å². The molecule has 1 aliphatic heterocycles. The van der Waals surface area contributed by atoms with Gasteiger partial charge in [-0.2, -0.15) is 0 Å². The number of nitrogens with one attached hydrogen (secondary N) is 2. The predicted octanol–water partition coefficient (Wildman–Crippen LogP) is 3.14. The van der Waals surface area contributed by atoms with E-state index in [1.807, 2.05) is 65.7 Å². The van der Waals surface area contributed by atoms with Gasteiger partial charge in [-0.3, -0.25) is 9.78 Å². The van der Waals surface area contributed by atoms with Gasteiger partial charge in [-0.1, -0.05) is 24.3 Å². The molecule has 0 unspecified atom stereocenters.